The van der Waals surface area contributed by atoms with Crippen LogP contribution in [0.3, 0.4) is 0 Å². The van der Waals surface area contributed by atoms with Crippen molar-refractivity contribution in [3.63, 3.8) is 0 Å². The first kappa shape index (κ1) is 14.6. The first-order valence-electron chi connectivity index (χ1n) is 8.21. The summed E-state index contributed by atoms with van der Waals surface area (Å²) in [5.74, 6) is 0.942. The number of fused-ring (bicyclic) bond motifs is 1. The molecule has 3 N–H and O–H groups in total. The van der Waals surface area contributed by atoms with Gasteiger partial charge in [0.05, 0.1) is 5.54 Å². The highest BCUT2D eigenvalue weighted by atomic mass is 16.2. The second-order valence-corrected chi connectivity index (χ2v) is 7.05. The average molecular weight is 286 g/mol. The number of carbonyl (C=O) groups is 1. The van der Waals surface area contributed by atoms with E-state index in [2.05, 4.69) is 36.5 Å². The summed E-state index contributed by atoms with van der Waals surface area (Å²) in [5.41, 5.74) is 8.51. The Kier molecular flexibility index (Phi) is 4.03. The molecule has 1 aromatic carbocycles. The molecule has 2 aliphatic rings. The number of benzene rings is 1. The van der Waals surface area contributed by atoms with Crippen molar-refractivity contribution in [2.75, 3.05) is 6.54 Å². The van der Waals surface area contributed by atoms with Crippen molar-refractivity contribution in [2.45, 2.75) is 51.0 Å². The van der Waals surface area contributed by atoms with Gasteiger partial charge >= 0.3 is 0 Å². The average Bonchev–Trinajstić information content (AvgIpc) is 2.91. The smallest absolute Gasteiger partial charge is 0.224 e. The minimum absolute atomic E-state index is 0.0862. The Bertz CT molecular complexity index is 503. The molecule has 0 bridgehead atoms. The van der Waals surface area contributed by atoms with Crippen molar-refractivity contribution in [3.05, 3.63) is 35.4 Å². The molecule has 21 heavy (non-hydrogen) atoms. The molecule has 0 saturated heterocycles. The number of carbonyl (C=O) groups excluding carboxylic acids is 1. The third-order valence-corrected chi connectivity index (χ3v) is 5.29. The van der Waals surface area contributed by atoms with Gasteiger partial charge in [0, 0.05) is 12.5 Å². The highest BCUT2D eigenvalue weighted by Crippen LogP contribution is 2.33. The van der Waals surface area contributed by atoms with Gasteiger partial charge in [-0.25, -0.2) is 0 Å². The number of hydrogen-bond acceptors (Lipinski definition) is 2. The maximum atomic E-state index is 12.7. The van der Waals surface area contributed by atoms with Crippen molar-refractivity contribution < 1.29 is 4.79 Å². The van der Waals surface area contributed by atoms with E-state index in [4.69, 9.17) is 5.73 Å². The van der Waals surface area contributed by atoms with E-state index >= 15 is 0 Å². The van der Waals surface area contributed by atoms with E-state index < -0.39 is 0 Å². The van der Waals surface area contributed by atoms with E-state index in [0.717, 1.165) is 25.7 Å². The molecule has 1 saturated carbocycles. The normalized spacial score (nSPS) is 29.1. The fraction of sp³-hybridized carbons (Fsp3) is 0.611. The number of hydrogen-bond donors (Lipinski definition) is 2. The van der Waals surface area contributed by atoms with Crippen LogP contribution < -0.4 is 11.1 Å². The van der Waals surface area contributed by atoms with Crippen molar-refractivity contribution in [3.8, 4) is 0 Å². The predicted molar refractivity (Wildman–Crippen MR) is 84.9 cm³/mol. The van der Waals surface area contributed by atoms with Gasteiger partial charge in [-0.15, -0.1) is 0 Å². The van der Waals surface area contributed by atoms with Crippen LogP contribution in [0.15, 0.2) is 24.3 Å². The molecule has 2 unspecified atom stereocenters. The van der Waals surface area contributed by atoms with Crippen molar-refractivity contribution in [1.82, 2.24) is 5.32 Å². The van der Waals surface area contributed by atoms with Crippen LogP contribution in [0.2, 0.25) is 0 Å². The zero-order chi connectivity index (χ0) is 14.9. The number of nitrogens with two attached hydrogens (primary N) is 1. The van der Waals surface area contributed by atoms with Crippen molar-refractivity contribution >= 4 is 5.91 Å². The van der Waals surface area contributed by atoms with Crippen molar-refractivity contribution in [1.29, 1.82) is 0 Å². The lowest BCUT2D eigenvalue weighted by Gasteiger charge is -2.40. The summed E-state index contributed by atoms with van der Waals surface area (Å²) in [4.78, 5) is 12.7. The molecule has 1 fully saturated rings. The second-order valence-electron chi connectivity index (χ2n) is 7.05. The maximum absolute atomic E-state index is 12.7. The molecule has 1 aromatic rings. The van der Waals surface area contributed by atoms with Gasteiger partial charge in [0.15, 0.2) is 0 Å². The van der Waals surface area contributed by atoms with E-state index in [0.29, 0.717) is 12.5 Å². The molecular weight excluding hydrogens is 260 g/mol. The van der Waals surface area contributed by atoms with Crippen LogP contribution in [-0.4, -0.2) is 18.0 Å². The Morgan fingerprint density at radius 3 is 2.57 bits per heavy atom. The van der Waals surface area contributed by atoms with Crippen LogP contribution in [0.4, 0.5) is 0 Å². The summed E-state index contributed by atoms with van der Waals surface area (Å²) >= 11 is 0. The lowest BCUT2D eigenvalue weighted by Crippen LogP contribution is -2.57. The Hall–Kier alpha value is -1.35. The summed E-state index contributed by atoms with van der Waals surface area (Å²) < 4.78 is 0. The molecule has 2 atom stereocenters. The third-order valence-electron chi connectivity index (χ3n) is 5.29. The SMILES string of the molecule is CC1CCCC(CN)(NC(=O)C2Cc3ccccc3C2)C1. The molecule has 1 amide bonds. The summed E-state index contributed by atoms with van der Waals surface area (Å²) in [5, 5.41) is 3.33. The summed E-state index contributed by atoms with van der Waals surface area (Å²) in [7, 11) is 0. The van der Waals surface area contributed by atoms with Crippen LogP contribution >= 0.6 is 0 Å². The molecule has 3 rings (SSSR count). The molecular formula is C18H26N2O. The zero-order valence-electron chi connectivity index (χ0n) is 12.9. The summed E-state index contributed by atoms with van der Waals surface area (Å²) in [6.07, 6.45) is 6.22. The lowest BCUT2D eigenvalue weighted by molar-refractivity contribution is -0.127. The van der Waals surface area contributed by atoms with Gasteiger partial charge in [0.1, 0.15) is 0 Å². The molecule has 2 aliphatic carbocycles. The van der Waals surface area contributed by atoms with Crippen LogP contribution in [0.1, 0.15) is 43.7 Å². The Labute approximate surface area is 127 Å². The van der Waals surface area contributed by atoms with E-state index in [1.54, 1.807) is 0 Å². The van der Waals surface area contributed by atoms with Gasteiger partial charge in [-0.3, -0.25) is 4.79 Å². The number of rotatable bonds is 3. The lowest BCUT2D eigenvalue weighted by atomic mass is 9.76. The third kappa shape index (κ3) is 2.98. The Morgan fingerprint density at radius 1 is 1.33 bits per heavy atom. The van der Waals surface area contributed by atoms with Gasteiger partial charge in [0.2, 0.25) is 5.91 Å². The monoisotopic (exact) mass is 286 g/mol. The van der Waals surface area contributed by atoms with E-state index in [1.807, 2.05) is 0 Å². The largest absolute Gasteiger partial charge is 0.349 e. The first-order chi connectivity index (χ1) is 10.1. The highest BCUT2D eigenvalue weighted by molar-refractivity contribution is 5.81. The van der Waals surface area contributed by atoms with E-state index in [-0.39, 0.29) is 17.4 Å². The zero-order valence-corrected chi connectivity index (χ0v) is 12.9. The summed E-state index contributed by atoms with van der Waals surface area (Å²) in [6, 6.07) is 8.40. The second kappa shape index (κ2) is 5.80. The van der Waals surface area contributed by atoms with Gasteiger partial charge < -0.3 is 11.1 Å². The van der Waals surface area contributed by atoms with Crippen LogP contribution in [0.25, 0.3) is 0 Å². The molecule has 0 heterocycles. The number of amides is 1. The summed E-state index contributed by atoms with van der Waals surface area (Å²) in [6.45, 7) is 2.82. The Morgan fingerprint density at radius 2 is 2.00 bits per heavy atom. The van der Waals surface area contributed by atoms with Crippen LogP contribution in [-0.2, 0) is 17.6 Å². The van der Waals surface area contributed by atoms with Crippen LogP contribution in [0.5, 0.6) is 0 Å². The fourth-order valence-electron chi connectivity index (χ4n) is 4.12. The fourth-order valence-corrected chi connectivity index (χ4v) is 4.12. The minimum atomic E-state index is -0.163. The van der Waals surface area contributed by atoms with E-state index in [9.17, 15) is 4.79 Å². The van der Waals surface area contributed by atoms with Gasteiger partial charge in [-0.1, -0.05) is 44.0 Å². The Balaban J connectivity index is 1.67. The van der Waals surface area contributed by atoms with Gasteiger partial charge in [-0.05, 0) is 42.7 Å². The maximum Gasteiger partial charge on any atom is 0.224 e. The van der Waals surface area contributed by atoms with Crippen molar-refractivity contribution in [2.24, 2.45) is 17.6 Å². The predicted octanol–water partition coefficient (Wildman–Crippen LogP) is 2.43. The first-order valence-corrected chi connectivity index (χ1v) is 8.21. The molecule has 3 heteroatoms. The minimum Gasteiger partial charge on any atom is -0.349 e. The molecule has 3 nitrogen and oxygen atoms in total. The molecule has 0 radical (unpaired) electrons. The quantitative estimate of drug-likeness (QED) is 0.896. The highest BCUT2D eigenvalue weighted by Gasteiger charge is 2.37. The molecule has 0 aliphatic heterocycles. The van der Waals surface area contributed by atoms with Gasteiger partial charge in [0.25, 0.3) is 0 Å². The molecule has 114 valence electrons. The standard InChI is InChI=1S/C18H26N2O/c1-13-5-4-8-18(11-13,12-19)20-17(21)16-9-14-6-2-3-7-15(14)10-16/h2-3,6-7,13,16H,4-5,8-12,19H2,1H3,(H,20,21). The number of nitrogens with one attached hydrogen (secondary N) is 1. The molecule has 0 aromatic heterocycles. The topological polar surface area (TPSA) is 55.1 Å². The molecule has 0 spiro atoms. The van der Waals surface area contributed by atoms with E-state index in [1.165, 1.54) is 24.0 Å². The van der Waals surface area contributed by atoms with Gasteiger partial charge in [-0.2, -0.15) is 0 Å². The van der Waals surface area contributed by atoms with Crippen LogP contribution in [0, 0.1) is 11.8 Å².